The van der Waals surface area contributed by atoms with Crippen molar-refractivity contribution in [3.8, 4) is 0 Å². The van der Waals surface area contributed by atoms with Gasteiger partial charge in [0.15, 0.2) is 0 Å². The Kier molecular flexibility index (Phi) is 5.56. The summed E-state index contributed by atoms with van der Waals surface area (Å²) in [7, 11) is 0. The van der Waals surface area contributed by atoms with E-state index in [1.165, 1.54) is 6.07 Å². The Labute approximate surface area is 130 Å². The van der Waals surface area contributed by atoms with E-state index in [9.17, 15) is 13.6 Å². The van der Waals surface area contributed by atoms with Crippen LogP contribution in [0, 0.1) is 12.8 Å². The summed E-state index contributed by atoms with van der Waals surface area (Å²) in [5, 5.41) is 2.81. The van der Waals surface area contributed by atoms with Crippen molar-refractivity contribution in [2.24, 2.45) is 5.92 Å². The first kappa shape index (κ1) is 16.9. The molecule has 4 nitrogen and oxygen atoms in total. The van der Waals surface area contributed by atoms with E-state index in [0.717, 1.165) is 30.5 Å². The van der Waals surface area contributed by atoms with Crippen molar-refractivity contribution in [2.75, 3.05) is 19.6 Å². The quantitative estimate of drug-likeness (QED) is 0.907. The number of nitrogens with one attached hydrogen (secondary N) is 1. The maximum atomic E-state index is 13.0. The molecular formula is C16H25F2N3O. The minimum atomic E-state index is -2.69. The molecular weight excluding hydrogens is 288 g/mol. The molecule has 1 aliphatic rings. The fourth-order valence-corrected chi connectivity index (χ4v) is 3.00. The summed E-state index contributed by atoms with van der Waals surface area (Å²) in [6.07, 6.45) is 2.07. The summed E-state index contributed by atoms with van der Waals surface area (Å²) in [4.78, 5) is 14.5. The number of likely N-dealkylation sites (tertiary alicyclic amines) is 1. The number of aryl methyl sites for hydroxylation is 1. The Balaban J connectivity index is 1.87. The van der Waals surface area contributed by atoms with Gasteiger partial charge in [-0.05, 0) is 64.8 Å². The van der Waals surface area contributed by atoms with E-state index in [0.29, 0.717) is 24.2 Å². The number of carbonyl (C=O) groups is 1. The number of hydrogen-bond acceptors (Lipinski definition) is 2. The predicted octanol–water partition coefficient (Wildman–Crippen LogP) is 3.04. The van der Waals surface area contributed by atoms with Crippen LogP contribution in [-0.4, -0.2) is 41.1 Å². The highest BCUT2D eigenvalue weighted by Crippen LogP contribution is 2.20. The SMILES string of the molecule is Cc1ccc(C(=O)NCC2CCN(C(C)C)CC2)n1C(F)F. The number of aromatic nitrogens is 1. The lowest BCUT2D eigenvalue weighted by Crippen LogP contribution is -2.41. The molecule has 0 bridgehead atoms. The van der Waals surface area contributed by atoms with E-state index < -0.39 is 12.5 Å². The first-order valence-corrected chi connectivity index (χ1v) is 7.88. The highest BCUT2D eigenvalue weighted by atomic mass is 19.3. The van der Waals surface area contributed by atoms with Crippen molar-refractivity contribution >= 4 is 5.91 Å². The van der Waals surface area contributed by atoms with Gasteiger partial charge in [-0.25, -0.2) is 0 Å². The second kappa shape index (κ2) is 7.22. The number of hydrogen-bond donors (Lipinski definition) is 1. The van der Waals surface area contributed by atoms with Crippen LogP contribution in [0.15, 0.2) is 12.1 Å². The molecule has 6 heteroatoms. The third-order valence-electron chi connectivity index (χ3n) is 4.48. The van der Waals surface area contributed by atoms with E-state index >= 15 is 0 Å². The molecule has 0 atom stereocenters. The van der Waals surface area contributed by atoms with Gasteiger partial charge in [0.25, 0.3) is 5.91 Å². The molecule has 1 aromatic rings. The molecule has 2 heterocycles. The van der Waals surface area contributed by atoms with Crippen LogP contribution in [0.3, 0.4) is 0 Å². The highest BCUT2D eigenvalue weighted by molar-refractivity contribution is 5.92. The van der Waals surface area contributed by atoms with Gasteiger partial charge in [-0.2, -0.15) is 8.78 Å². The van der Waals surface area contributed by atoms with Gasteiger partial charge in [-0.15, -0.1) is 0 Å². The van der Waals surface area contributed by atoms with Crippen molar-refractivity contribution in [2.45, 2.75) is 46.2 Å². The largest absolute Gasteiger partial charge is 0.350 e. The van der Waals surface area contributed by atoms with Crippen LogP contribution < -0.4 is 5.32 Å². The third-order valence-corrected chi connectivity index (χ3v) is 4.48. The molecule has 0 aliphatic carbocycles. The number of alkyl halides is 2. The van der Waals surface area contributed by atoms with Crippen LogP contribution in [0.4, 0.5) is 8.78 Å². The molecule has 1 saturated heterocycles. The summed E-state index contributed by atoms with van der Waals surface area (Å²) >= 11 is 0. The van der Waals surface area contributed by atoms with E-state index in [1.807, 2.05) is 0 Å². The van der Waals surface area contributed by atoms with Crippen LogP contribution in [-0.2, 0) is 0 Å². The Morgan fingerprint density at radius 3 is 2.50 bits per heavy atom. The average Bonchev–Trinajstić information content (AvgIpc) is 2.87. The monoisotopic (exact) mass is 313 g/mol. The van der Waals surface area contributed by atoms with E-state index in [4.69, 9.17) is 0 Å². The number of piperidine rings is 1. The lowest BCUT2D eigenvalue weighted by molar-refractivity contribution is 0.0614. The van der Waals surface area contributed by atoms with Crippen LogP contribution in [0.1, 0.15) is 49.4 Å². The summed E-state index contributed by atoms with van der Waals surface area (Å²) in [6, 6.07) is 3.55. The van der Waals surface area contributed by atoms with Gasteiger partial charge in [0.2, 0.25) is 0 Å². The van der Waals surface area contributed by atoms with Gasteiger partial charge in [0.05, 0.1) is 0 Å². The molecule has 0 radical (unpaired) electrons. The molecule has 0 spiro atoms. The van der Waals surface area contributed by atoms with Crippen LogP contribution in [0.2, 0.25) is 0 Å². The van der Waals surface area contributed by atoms with Gasteiger partial charge in [0.1, 0.15) is 5.69 Å². The Morgan fingerprint density at radius 1 is 1.32 bits per heavy atom. The highest BCUT2D eigenvalue weighted by Gasteiger charge is 2.23. The van der Waals surface area contributed by atoms with Crippen molar-refractivity contribution < 1.29 is 13.6 Å². The van der Waals surface area contributed by atoms with E-state index in [2.05, 4.69) is 24.1 Å². The minimum absolute atomic E-state index is 0.0344. The maximum absolute atomic E-state index is 13.0. The number of nitrogens with zero attached hydrogens (tertiary/aromatic N) is 2. The molecule has 1 fully saturated rings. The lowest BCUT2D eigenvalue weighted by atomic mass is 9.96. The van der Waals surface area contributed by atoms with Gasteiger partial charge in [0, 0.05) is 18.3 Å². The first-order valence-electron chi connectivity index (χ1n) is 7.88. The Hall–Kier alpha value is -1.43. The molecule has 22 heavy (non-hydrogen) atoms. The molecule has 0 saturated carbocycles. The molecule has 1 aliphatic heterocycles. The van der Waals surface area contributed by atoms with Crippen LogP contribution >= 0.6 is 0 Å². The molecule has 124 valence electrons. The van der Waals surface area contributed by atoms with Crippen molar-refractivity contribution in [3.05, 3.63) is 23.5 Å². The predicted molar refractivity (Wildman–Crippen MR) is 82.2 cm³/mol. The van der Waals surface area contributed by atoms with E-state index in [-0.39, 0.29) is 5.69 Å². The Morgan fingerprint density at radius 2 is 1.95 bits per heavy atom. The third kappa shape index (κ3) is 3.85. The topological polar surface area (TPSA) is 37.3 Å². The van der Waals surface area contributed by atoms with Crippen LogP contribution in [0.25, 0.3) is 0 Å². The van der Waals surface area contributed by atoms with E-state index in [1.54, 1.807) is 13.0 Å². The summed E-state index contributed by atoms with van der Waals surface area (Å²) in [5.41, 5.74) is 0.428. The normalized spacial score (nSPS) is 17.4. The van der Waals surface area contributed by atoms with Gasteiger partial charge >= 0.3 is 6.55 Å². The zero-order chi connectivity index (χ0) is 16.3. The van der Waals surface area contributed by atoms with Gasteiger partial charge in [-0.3, -0.25) is 9.36 Å². The number of carbonyl (C=O) groups excluding carboxylic acids is 1. The summed E-state index contributed by atoms with van der Waals surface area (Å²) in [5.74, 6) is 0.00898. The number of rotatable bonds is 5. The standard InChI is InChI=1S/C16H25F2N3O/c1-11(2)20-8-6-13(7-9-20)10-19-15(22)14-5-4-12(3)21(14)16(17)18/h4-5,11,13,16H,6-10H2,1-3H3,(H,19,22). The fraction of sp³-hybridized carbons (Fsp3) is 0.688. The van der Waals surface area contributed by atoms with Crippen molar-refractivity contribution in [1.82, 2.24) is 14.8 Å². The smallest absolute Gasteiger partial charge is 0.319 e. The lowest BCUT2D eigenvalue weighted by Gasteiger charge is -2.34. The molecule has 0 unspecified atom stereocenters. The molecule has 0 aromatic carbocycles. The van der Waals surface area contributed by atoms with Gasteiger partial charge < -0.3 is 10.2 Å². The zero-order valence-corrected chi connectivity index (χ0v) is 13.5. The second-order valence-corrected chi connectivity index (χ2v) is 6.29. The zero-order valence-electron chi connectivity index (χ0n) is 13.5. The molecule has 1 N–H and O–H groups in total. The average molecular weight is 313 g/mol. The maximum Gasteiger partial charge on any atom is 0.319 e. The minimum Gasteiger partial charge on any atom is -0.350 e. The molecule has 1 aromatic heterocycles. The number of halogens is 2. The van der Waals surface area contributed by atoms with Gasteiger partial charge in [-0.1, -0.05) is 0 Å². The number of amides is 1. The second-order valence-electron chi connectivity index (χ2n) is 6.29. The summed E-state index contributed by atoms with van der Waals surface area (Å²) in [6.45, 7) is 5.87. The molecule has 2 rings (SSSR count). The summed E-state index contributed by atoms with van der Waals surface area (Å²) < 4.78 is 26.7. The first-order chi connectivity index (χ1) is 10.4. The fourth-order valence-electron chi connectivity index (χ4n) is 3.00. The van der Waals surface area contributed by atoms with Crippen LogP contribution in [0.5, 0.6) is 0 Å². The Bertz CT molecular complexity index is 505. The molecule has 1 amide bonds. The van der Waals surface area contributed by atoms with Crippen molar-refractivity contribution in [3.63, 3.8) is 0 Å². The van der Waals surface area contributed by atoms with Crippen molar-refractivity contribution in [1.29, 1.82) is 0 Å².